The first-order chi connectivity index (χ1) is 14.9. The van der Waals surface area contributed by atoms with Gasteiger partial charge in [-0.05, 0) is 100 Å². The van der Waals surface area contributed by atoms with E-state index in [-0.39, 0.29) is 22.9 Å². The van der Waals surface area contributed by atoms with Crippen LogP contribution >= 0.6 is 0 Å². The second-order valence-corrected chi connectivity index (χ2v) is 11.7. The monoisotopic (exact) mass is 427 g/mol. The van der Waals surface area contributed by atoms with Crippen LogP contribution in [0.1, 0.15) is 90.9 Å². The van der Waals surface area contributed by atoms with E-state index in [2.05, 4.69) is 18.7 Å². The number of rotatable bonds is 4. The standard InChI is InChI=1S/C27H41NO3/c1-26-13-10-20(29)18-19(26)6-7-21-22-8-9-24(27(22,2)14-11-23(21)26)31-25(30)12-17-28-15-4-3-5-16-28/h18,21-24H,3-17H2,1-2H3/t21-,22-,23-,24-,26-,27-/m0/s1. The first-order valence-corrected chi connectivity index (χ1v) is 13.1. The van der Waals surface area contributed by atoms with E-state index in [4.69, 9.17) is 4.74 Å². The highest BCUT2D eigenvalue weighted by Crippen LogP contribution is 2.65. The lowest BCUT2D eigenvalue weighted by Gasteiger charge is -2.57. The molecule has 5 aliphatic rings. The maximum Gasteiger partial charge on any atom is 0.307 e. The minimum Gasteiger partial charge on any atom is -0.462 e. The summed E-state index contributed by atoms with van der Waals surface area (Å²) in [7, 11) is 0. The number of likely N-dealkylation sites (tertiary alicyclic amines) is 1. The summed E-state index contributed by atoms with van der Waals surface area (Å²) in [4.78, 5) is 27.2. The van der Waals surface area contributed by atoms with Crippen molar-refractivity contribution in [1.29, 1.82) is 0 Å². The molecule has 0 aromatic rings. The zero-order valence-electron chi connectivity index (χ0n) is 19.7. The number of hydrogen-bond donors (Lipinski definition) is 0. The molecule has 4 heteroatoms. The highest BCUT2D eigenvalue weighted by molar-refractivity contribution is 5.91. The Labute approximate surface area is 188 Å². The Morgan fingerprint density at radius 2 is 1.84 bits per heavy atom. The first-order valence-electron chi connectivity index (χ1n) is 13.1. The van der Waals surface area contributed by atoms with E-state index in [1.54, 1.807) is 0 Å². The largest absolute Gasteiger partial charge is 0.462 e. The van der Waals surface area contributed by atoms with Gasteiger partial charge in [-0.25, -0.2) is 0 Å². The van der Waals surface area contributed by atoms with Crippen molar-refractivity contribution < 1.29 is 14.3 Å². The highest BCUT2D eigenvalue weighted by Gasteiger charge is 2.59. The Kier molecular flexibility index (Phi) is 5.82. The SMILES string of the molecule is C[C@]12CC[C@H]3[C@@H](CCC4=CC(=O)CC[C@@]43C)[C@@H]1CC[C@@H]2OC(=O)CCN1CCCCC1. The topological polar surface area (TPSA) is 46.6 Å². The van der Waals surface area contributed by atoms with Gasteiger partial charge in [-0.3, -0.25) is 9.59 Å². The van der Waals surface area contributed by atoms with Crippen molar-refractivity contribution in [2.24, 2.45) is 28.6 Å². The van der Waals surface area contributed by atoms with Crippen molar-refractivity contribution in [2.45, 2.75) is 97.0 Å². The molecule has 1 heterocycles. The lowest BCUT2D eigenvalue weighted by molar-refractivity contribution is -0.160. The summed E-state index contributed by atoms with van der Waals surface area (Å²) < 4.78 is 6.18. The number of nitrogens with zero attached hydrogens (tertiary/aromatic N) is 1. The minimum absolute atomic E-state index is 0.0196. The summed E-state index contributed by atoms with van der Waals surface area (Å²) in [5.74, 6) is 2.45. The Morgan fingerprint density at radius 1 is 1.03 bits per heavy atom. The van der Waals surface area contributed by atoms with Gasteiger partial charge in [-0.1, -0.05) is 25.8 Å². The van der Waals surface area contributed by atoms with Crippen molar-refractivity contribution in [3.05, 3.63) is 11.6 Å². The normalized spacial score (nSPS) is 42.9. The van der Waals surface area contributed by atoms with Crippen LogP contribution in [0.25, 0.3) is 0 Å². The van der Waals surface area contributed by atoms with E-state index in [0.717, 1.165) is 51.2 Å². The molecule has 0 radical (unpaired) electrons. The third-order valence-electron chi connectivity index (χ3n) is 10.2. The summed E-state index contributed by atoms with van der Waals surface area (Å²) in [6.07, 6.45) is 15.2. The van der Waals surface area contributed by atoms with Crippen LogP contribution in [0.4, 0.5) is 0 Å². The zero-order valence-corrected chi connectivity index (χ0v) is 19.7. The molecule has 0 bridgehead atoms. The molecule has 0 spiro atoms. The van der Waals surface area contributed by atoms with E-state index in [0.29, 0.717) is 24.0 Å². The van der Waals surface area contributed by atoms with Crippen molar-refractivity contribution >= 4 is 11.8 Å². The predicted octanol–water partition coefficient (Wildman–Crippen LogP) is 5.31. The molecule has 1 saturated heterocycles. The minimum atomic E-state index is 0.0196. The number of carbonyl (C=O) groups excluding carboxylic acids is 2. The van der Waals surface area contributed by atoms with Crippen LogP contribution in [0.3, 0.4) is 0 Å². The molecular formula is C27H41NO3. The van der Waals surface area contributed by atoms with Crippen molar-refractivity contribution in [3.63, 3.8) is 0 Å². The molecular weight excluding hydrogens is 386 g/mol. The van der Waals surface area contributed by atoms with Crippen LogP contribution in [0, 0.1) is 28.6 Å². The molecule has 5 rings (SSSR count). The van der Waals surface area contributed by atoms with E-state index < -0.39 is 0 Å². The van der Waals surface area contributed by atoms with Crippen LogP contribution in [0.15, 0.2) is 11.6 Å². The van der Waals surface area contributed by atoms with E-state index in [1.807, 2.05) is 6.08 Å². The van der Waals surface area contributed by atoms with E-state index in [9.17, 15) is 9.59 Å². The van der Waals surface area contributed by atoms with Crippen LogP contribution < -0.4 is 0 Å². The van der Waals surface area contributed by atoms with Gasteiger partial charge in [-0.2, -0.15) is 0 Å². The van der Waals surface area contributed by atoms with Gasteiger partial charge in [0.05, 0.1) is 6.42 Å². The maximum atomic E-state index is 12.7. The lowest BCUT2D eigenvalue weighted by Crippen LogP contribution is -2.51. The van der Waals surface area contributed by atoms with E-state index in [1.165, 1.54) is 50.5 Å². The fourth-order valence-electron chi connectivity index (χ4n) is 8.35. The molecule has 0 aromatic heterocycles. The Morgan fingerprint density at radius 3 is 2.65 bits per heavy atom. The van der Waals surface area contributed by atoms with Gasteiger partial charge in [0.1, 0.15) is 6.10 Å². The second kappa shape index (κ2) is 8.32. The van der Waals surface area contributed by atoms with E-state index >= 15 is 0 Å². The molecule has 0 unspecified atom stereocenters. The molecule has 0 amide bonds. The molecule has 31 heavy (non-hydrogen) atoms. The van der Waals surface area contributed by atoms with Gasteiger partial charge < -0.3 is 9.64 Å². The highest BCUT2D eigenvalue weighted by atomic mass is 16.5. The van der Waals surface area contributed by atoms with Crippen molar-refractivity contribution in [1.82, 2.24) is 4.90 Å². The first kappa shape index (κ1) is 21.7. The molecule has 0 aromatic carbocycles. The lowest BCUT2D eigenvalue weighted by atomic mass is 9.47. The summed E-state index contributed by atoms with van der Waals surface area (Å²) in [5, 5.41) is 0. The molecule has 4 fully saturated rings. The Balaban J connectivity index is 1.23. The van der Waals surface area contributed by atoms with Crippen molar-refractivity contribution in [3.8, 4) is 0 Å². The van der Waals surface area contributed by atoms with Gasteiger partial charge in [0.2, 0.25) is 0 Å². The Bertz CT molecular complexity index is 754. The van der Waals surface area contributed by atoms with Gasteiger partial charge in [0.15, 0.2) is 5.78 Å². The number of piperidine rings is 1. The molecule has 6 atom stereocenters. The van der Waals surface area contributed by atoms with Crippen LogP contribution in [0.2, 0.25) is 0 Å². The number of allylic oxidation sites excluding steroid dienone is 1. The summed E-state index contributed by atoms with van der Waals surface area (Å²) in [6.45, 7) is 8.00. The summed E-state index contributed by atoms with van der Waals surface area (Å²) >= 11 is 0. The number of ketones is 1. The smallest absolute Gasteiger partial charge is 0.307 e. The average Bonchev–Trinajstić information content (AvgIpc) is 3.10. The molecule has 1 aliphatic heterocycles. The number of carbonyl (C=O) groups is 2. The summed E-state index contributed by atoms with van der Waals surface area (Å²) in [6, 6.07) is 0. The predicted molar refractivity (Wildman–Crippen MR) is 121 cm³/mol. The third kappa shape index (κ3) is 3.81. The molecule has 3 saturated carbocycles. The molecule has 172 valence electrons. The average molecular weight is 428 g/mol. The number of hydrogen-bond acceptors (Lipinski definition) is 4. The number of ether oxygens (including phenoxy) is 1. The quantitative estimate of drug-likeness (QED) is 0.571. The van der Waals surface area contributed by atoms with Crippen LogP contribution in [-0.4, -0.2) is 42.4 Å². The third-order valence-corrected chi connectivity index (χ3v) is 10.2. The zero-order chi connectivity index (χ0) is 21.6. The van der Waals surface area contributed by atoms with Crippen LogP contribution in [-0.2, 0) is 14.3 Å². The molecule has 4 nitrogen and oxygen atoms in total. The van der Waals surface area contributed by atoms with Gasteiger partial charge in [0, 0.05) is 18.4 Å². The number of fused-ring (bicyclic) bond motifs is 5. The summed E-state index contributed by atoms with van der Waals surface area (Å²) in [5.41, 5.74) is 1.80. The Hall–Kier alpha value is -1.16. The second-order valence-electron chi connectivity index (χ2n) is 11.7. The fourth-order valence-corrected chi connectivity index (χ4v) is 8.35. The van der Waals surface area contributed by atoms with Crippen LogP contribution in [0.5, 0.6) is 0 Å². The molecule has 4 aliphatic carbocycles. The van der Waals surface area contributed by atoms with Gasteiger partial charge in [-0.15, -0.1) is 0 Å². The van der Waals surface area contributed by atoms with Gasteiger partial charge >= 0.3 is 5.97 Å². The number of esters is 1. The molecule has 0 N–H and O–H groups in total. The van der Waals surface area contributed by atoms with Gasteiger partial charge in [0.25, 0.3) is 0 Å². The van der Waals surface area contributed by atoms with Crippen molar-refractivity contribution in [2.75, 3.05) is 19.6 Å². The fraction of sp³-hybridized carbons (Fsp3) is 0.852. The maximum absolute atomic E-state index is 12.7.